The smallest absolute Gasteiger partial charge is 0.231 e. The number of para-hydroxylation sites is 1. The molecule has 0 spiro atoms. The molecular formula is C25H17NO5. The van der Waals surface area contributed by atoms with Gasteiger partial charge in [0.2, 0.25) is 13.6 Å². The zero-order valence-electron chi connectivity index (χ0n) is 16.7. The summed E-state index contributed by atoms with van der Waals surface area (Å²) < 4.78 is 28.8. The molecule has 0 saturated heterocycles. The van der Waals surface area contributed by atoms with Crippen LogP contribution in [0.5, 0.6) is 23.0 Å². The fourth-order valence-corrected chi connectivity index (χ4v) is 4.57. The SMILES string of the molecule is Cc1[nH]c2ccccc2c1-c1c(-c2ccc3c(c2)OCO3)oc2cc3c(cc12)OCO3. The fourth-order valence-electron chi connectivity index (χ4n) is 4.57. The third kappa shape index (κ3) is 2.33. The maximum absolute atomic E-state index is 6.45. The number of aromatic amines is 1. The molecule has 6 nitrogen and oxygen atoms in total. The highest BCUT2D eigenvalue weighted by Crippen LogP contribution is 2.49. The van der Waals surface area contributed by atoms with Crippen LogP contribution in [0.2, 0.25) is 0 Å². The molecule has 2 aliphatic rings. The van der Waals surface area contributed by atoms with Crippen molar-refractivity contribution in [2.24, 2.45) is 0 Å². The van der Waals surface area contributed by atoms with E-state index in [0.29, 0.717) is 11.5 Å². The molecule has 0 saturated carbocycles. The van der Waals surface area contributed by atoms with Crippen molar-refractivity contribution in [1.82, 2.24) is 4.98 Å². The molecule has 5 aromatic rings. The maximum Gasteiger partial charge on any atom is 0.231 e. The highest BCUT2D eigenvalue weighted by molar-refractivity contribution is 6.10. The first-order valence-corrected chi connectivity index (χ1v) is 10.1. The van der Waals surface area contributed by atoms with E-state index in [4.69, 9.17) is 23.4 Å². The second kappa shape index (κ2) is 5.98. The fraction of sp³-hybridized carbons (Fsp3) is 0.120. The zero-order chi connectivity index (χ0) is 20.5. The Morgan fingerprint density at radius 1 is 0.710 bits per heavy atom. The number of furan rings is 1. The van der Waals surface area contributed by atoms with E-state index in [1.807, 2.05) is 36.4 Å². The van der Waals surface area contributed by atoms with Gasteiger partial charge in [-0.15, -0.1) is 0 Å². The lowest BCUT2D eigenvalue weighted by Gasteiger charge is -2.06. The van der Waals surface area contributed by atoms with Gasteiger partial charge >= 0.3 is 0 Å². The van der Waals surface area contributed by atoms with Crippen molar-refractivity contribution in [2.75, 3.05) is 13.6 Å². The molecule has 2 aromatic heterocycles. The third-order valence-corrected chi connectivity index (χ3v) is 5.96. The molecule has 0 atom stereocenters. The topological polar surface area (TPSA) is 65.9 Å². The lowest BCUT2D eigenvalue weighted by atomic mass is 9.96. The van der Waals surface area contributed by atoms with Crippen LogP contribution in [0.15, 0.2) is 59.0 Å². The van der Waals surface area contributed by atoms with Crippen LogP contribution in [-0.2, 0) is 0 Å². The Labute approximate surface area is 176 Å². The molecule has 4 heterocycles. The minimum Gasteiger partial charge on any atom is -0.455 e. The van der Waals surface area contributed by atoms with E-state index >= 15 is 0 Å². The normalized spacial score (nSPS) is 14.1. The number of aromatic nitrogens is 1. The predicted octanol–water partition coefficient (Wildman–Crippen LogP) is 6.01. The van der Waals surface area contributed by atoms with Crippen molar-refractivity contribution >= 4 is 21.9 Å². The Morgan fingerprint density at radius 3 is 2.32 bits per heavy atom. The molecular weight excluding hydrogens is 394 g/mol. The minimum atomic E-state index is 0.221. The molecule has 3 aromatic carbocycles. The lowest BCUT2D eigenvalue weighted by molar-refractivity contribution is 0.173. The van der Waals surface area contributed by atoms with Crippen molar-refractivity contribution in [3.05, 3.63) is 60.3 Å². The van der Waals surface area contributed by atoms with Gasteiger partial charge in [0.15, 0.2) is 23.0 Å². The molecule has 152 valence electrons. The molecule has 0 aliphatic carbocycles. The van der Waals surface area contributed by atoms with Gasteiger partial charge in [-0.2, -0.15) is 0 Å². The second-order valence-electron chi connectivity index (χ2n) is 7.75. The van der Waals surface area contributed by atoms with Crippen LogP contribution in [0.4, 0.5) is 0 Å². The lowest BCUT2D eigenvalue weighted by Crippen LogP contribution is -1.93. The quantitative estimate of drug-likeness (QED) is 0.385. The molecule has 0 fully saturated rings. The Kier molecular flexibility index (Phi) is 3.22. The van der Waals surface area contributed by atoms with Crippen molar-refractivity contribution < 1.29 is 23.4 Å². The number of aryl methyl sites for hydroxylation is 1. The third-order valence-electron chi connectivity index (χ3n) is 5.96. The van der Waals surface area contributed by atoms with Crippen molar-refractivity contribution in [3.8, 4) is 45.4 Å². The number of hydrogen-bond donors (Lipinski definition) is 1. The van der Waals surface area contributed by atoms with E-state index in [1.54, 1.807) is 0 Å². The van der Waals surface area contributed by atoms with Gasteiger partial charge < -0.3 is 28.3 Å². The number of fused-ring (bicyclic) bond motifs is 4. The minimum absolute atomic E-state index is 0.221. The molecule has 1 N–H and O–H groups in total. The summed E-state index contributed by atoms with van der Waals surface area (Å²) >= 11 is 0. The average molecular weight is 411 g/mol. The Hall–Kier alpha value is -4.06. The number of nitrogens with one attached hydrogen (secondary N) is 1. The molecule has 0 radical (unpaired) electrons. The predicted molar refractivity (Wildman–Crippen MR) is 116 cm³/mol. The Morgan fingerprint density at radius 2 is 1.45 bits per heavy atom. The van der Waals surface area contributed by atoms with Crippen LogP contribution in [0.25, 0.3) is 44.3 Å². The number of hydrogen-bond acceptors (Lipinski definition) is 5. The number of rotatable bonds is 2. The summed E-state index contributed by atoms with van der Waals surface area (Å²) in [4.78, 5) is 3.51. The zero-order valence-corrected chi connectivity index (χ0v) is 16.7. The van der Waals surface area contributed by atoms with E-state index in [0.717, 1.165) is 61.5 Å². The number of ether oxygens (including phenoxy) is 4. The average Bonchev–Trinajstić information content (AvgIpc) is 3.55. The molecule has 7 rings (SSSR count). The van der Waals surface area contributed by atoms with E-state index in [1.165, 1.54) is 0 Å². The monoisotopic (exact) mass is 411 g/mol. The molecule has 0 amide bonds. The van der Waals surface area contributed by atoms with Crippen LogP contribution in [0.1, 0.15) is 5.69 Å². The molecule has 0 unspecified atom stereocenters. The van der Waals surface area contributed by atoms with Crippen LogP contribution in [0.3, 0.4) is 0 Å². The van der Waals surface area contributed by atoms with Gasteiger partial charge in [-0.3, -0.25) is 0 Å². The summed E-state index contributed by atoms with van der Waals surface area (Å²) in [6.07, 6.45) is 0. The Balaban J connectivity index is 1.58. The summed E-state index contributed by atoms with van der Waals surface area (Å²) in [7, 11) is 0. The Bertz CT molecular complexity index is 1510. The van der Waals surface area contributed by atoms with Crippen LogP contribution in [-0.4, -0.2) is 18.6 Å². The largest absolute Gasteiger partial charge is 0.455 e. The number of H-pyrrole nitrogens is 1. The van der Waals surface area contributed by atoms with Gasteiger partial charge in [0, 0.05) is 44.7 Å². The maximum atomic E-state index is 6.45. The standard InChI is InChI=1S/C25H17NO5/c1-13-23(15-4-2-3-5-17(15)26-13)24-16-9-21-22(30-12-29-21)10-19(16)31-25(24)14-6-7-18-20(8-14)28-11-27-18/h2-10,26H,11-12H2,1H3. The van der Waals surface area contributed by atoms with E-state index < -0.39 is 0 Å². The molecule has 2 aliphatic heterocycles. The summed E-state index contributed by atoms with van der Waals surface area (Å²) in [5.41, 5.74) is 5.95. The summed E-state index contributed by atoms with van der Waals surface area (Å²) in [5.74, 6) is 3.65. The van der Waals surface area contributed by atoms with Gasteiger partial charge in [0.1, 0.15) is 11.3 Å². The first-order chi connectivity index (χ1) is 15.3. The molecule has 31 heavy (non-hydrogen) atoms. The summed E-state index contributed by atoms with van der Waals surface area (Å²) in [6, 6.07) is 18.1. The van der Waals surface area contributed by atoms with Gasteiger partial charge in [-0.1, -0.05) is 18.2 Å². The van der Waals surface area contributed by atoms with Crippen molar-refractivity contribution in [3.63, 3.8) is 0 Å². The van der Waals surface area contributed by atoms with E-state index in [9.17, 15) is 0 Å². The van der Waals surface area contributed by atoms with Crippen molar-refractivity contribution in [1.29, 1.82) is 0 Å². The highest BCUT2D eigenvalue weighted by Gasteiger charge is 2.26. The van der Waals surface area contributed by atoms with E-state index in [2.05, 4.69) is 30.1 Å². The second-order valence-corrected chi connectivity index (χ2v) is 7.75. The first-order valence-electron chi connectivity index (χ1n) is 10.1. The van der Waals surface area contributed by atoms with Crippen LogP contribution in [0, 0.1) is 6.92 Å². The molecule has 0 bridgehead atoms. The van der Waals surface area contributed by atoms with Crippen LogP contribution >= 0.6 is 0 Å². The summed E-state index contributed by atoms with van der Waals surface area (Å²) in [6.45, 7) is 2.54. The van der Waals surface area contributed by atoms with Crippen LogP contribution < -0.4 is 18.9 Å². The molecule has 6 heteroatoms. The van der Waals surface area contributed by atoms with Gasteiger partial charge in [0.05, 0.1) is 0 Å². The summed E-state index contributed by atoms with van der Waals surface area (Å²) in [5, 5.41) is 2.12. The first kappa shape index (κ1) is 16.7. The van der Waals surface area contributed by atoms with E-state index in [-0.39, 0.29) is 13.6 Å². The van der Waals surface area contributed by atoms with Gasteiger partial charge in [-0.05, 0) is 37.3 Å². The van der Waals surface area contributed by atoms with Crippen molar-refractivity contribution in [2.45, 2.75) is 6.92 Å². The van der Waals surface area contributed by atoms with Gasteiger partial charge in [0.25, 0.3) is 0 Å². The van der Waals surface area contributed by atoms with Gasteiger partial charge in [-0.25, -0.2) is 0 Å². The highest BCUT2D eigenvalue weighted by atomic mass is 16.7. The number of benzene rings is 3.